The minimum atomic E-state index is -4.63. The van der Waals surface area contributed by atoms with Crippen molar-refractivity contribution in [3.63, 3.8) is 0 Å². The van der Waals surface area contributed by atoms with Gasteiger partial charge in [0.1, 0.15) is 54.2 Å². The predicted molar refractivity (Wildman–Crippen MR) is 146 cm³/mol. The van der Waals surface area contributed by atoms with Crippen LogP contribution in [-0.4, -0.2) is 74.0 Å². The van der Waals surface area contributed by atoms with Crippen LogP contribution in [0.5, 0.6) is 5.75 Å². The first-order chi connectivity index (χ1) is 20.0. The monoisotopic (exact) mass is 631 g/mol. The zero-order valence-electron chi connectivity index (χ0n) is 23.7. The number of nitrogen functional groups attached to an aromatic ring is 1. The molecule has 0 radical (unpaired) electrons. The molecule has 236 valence electrons. The van der Waals surface area contributed by atoms with Crippen molar-refractivity contribution in [1.29, 1.82) is 0 Å². The predicted octanol–water partition coefficient (Wildman–Crippen LogP) is 3.18. The van der Waals surface area contributed by atoms with Crippen molar-refractivity contribution in [3.05, 3.63) is 54.5 Å². The average molecular weight is 632 g/mol. The maximum atomic E-state index is 13.9. The van der Waals surface area contributed by atoms with Crippen molar-refractivity contribution in [2.75, 3.05) is 18.9 Å². The van der Waals surface area contributed by atoms with Crippen LogP contribution < -0.4 is 15.3 Å². The number of hydrogen-bond donors (Lipinski definition) is 4. The molecule has 0 saturated carbocycles. The minimum Gasteiger partial charge on any atom is -0.464 e. The summed E-state index contributed by atoms with van der Waals surface area (Å²) in [5, 5.41) is 28.3. The number of nitrogens with one attached hydrogen (secondary N) is 1. The Morgan fingerprint density at radius 2 is 1.91 bits per heavy atom. The molecule has 3 aromatic rings. The Balaban J connectivity index is 1.51. The van der Waals surface area contributed by atoms with E-state index in [1.165, 1.54) is 36.8 Å². The molecule has 6 atom stereocenters. The van der Waals surface area contributed by atoms with Gasteiger partial charge in [0.2, 0.25) is 0 Å². The molecule has 3 heterocycles. The second-order valence-electron chi connectivity index (χ2n) is 11.0. The number of nitrogens with zero attached hydrogens (tertiary/aromatic N) is 3. The third kappa shape index (κ3) is 6.95. The standard InChI is InChI=1S/C26H33F3N5O8P/c1-15(23(37)39-12-24(2,3)26(27,28)29)33-43(38,42-16-8-6-5-7-9-16)40-13-25(4)21(36)19(35)20(41-25)17-10-11-18-22(30)31-14-32-34(17)18/h5-11,14-15,19-21,35-36H,12-13H2,1-4H3,(H,33,38)(H2,30,31,32)/t15-,19-,20-,21-,25+,43-/m0/s1. The molecule has 13 nitrogen and oxygen atoms in total. The molecule has 1 saturated heterocycles. The number of esters is 1. The van der Waals surface area contributed by atoms with Gasteiger partial charge in [0.25, 0.3) is 0 Å². The lowest BCUT2D eigenvalue weighted by Gasteiger charge is -2.31. The van der Waals surface area contributed by atoms with Gasteiger partial charge >= 0.3 is 19.9 Å². The highest BCUT2D eigenvalue weighted by Crippen LogP contribution is 2.48. The fraction of sp³-hybridized carbons (Fsp3) is 0.500. The van der Waals surface area contributed by atoms with E-state index in [1.807, 2.05) is 0 Å². The Morgan fingerprint density at radius 1 is 1.23 bits per heavy atom. The van der Waals surface area contributed by atoms with E-state index in [0.717, 1.165) is 13.8 Å². The number of rotatable bonds is 11. The molecule has 5 N–H and O–H groups in total. The van der Waals surface area contributed by atoms with Crippen molar-refractivity contribution in [1.82, 2.24) is 19.7 Å². The molecule has 1 fully saturated rings. The molecule has 1 aliphatic heterocycles. The highest BCUT2D eigenvalue weighted by molar-refractivity contribution is 7.52. The lowest BCUT2D eigenvalue weighted by molar-refractivity contribution is -0.226. The summed E-state index contributed by atoms with van der Waals surface area (Å²) in [6.45, 7) is 2.76. The summed E-state index contributed by atoms with van der Waals surface area (Å²) in [6, 6.07) is 9.51. The summed E-state index contributed by atoms with van der Waals surface area (Å²) in [5.74, 6) is -0.886. The number of ether oxygens (including phenoxy) is 2. The number of halogens is 3. The van der Waals surface area contributed by atoms with E-state index < -0.39 is 68.5 Å². The van der Waals surface area contributed by atoms with E-state index in [4.69, 9.17) is 24.3 Å². The molecule has 43 heavy (non-hydrogen) atoms. The van der Waals surface area contributed by atoms with Crippen LogP contribution >= 0.6 is 7.75 Å². The highest BCUT2D eigenvalue weighted by atomic mass is 31.2. The molecule has 1 aliphatic rings. The van der Waals surface area contributed by atoms with E-state index in [9.17, 15) is 32.7 Å². The maximum Gasteiger partial charge on any atom is 0.459 e. The second-order valence-corrected chi connectivity index (χ2v) is 12.7. The molecular weight excluding hydrogens is 598 g/mol. The first-order valence-corrected chi connectivity index (χ1v) is 14.6. The Morgan fingerprint density at radius 3 is 2.56 bits per heavy atom. The number of fused-ring (bicyclic) bond motifs is 1. The zero-order chi connectivity index (χ0) is 31.8. The van der Waals surface area contributed by atoms with Crippen LogP contribution in [0, 0.1) is 5.41 Å². The number of aromatic nitrogens is 3. The summed E-state index contributed by atoms with van der Waals surface area (Å²) >= 11 is 0. The smallest absolute Gasteiger partial charge is 0.459 e. The SMILES string of the molecule is C[C@H](N[P@](=O)(OC[C@@]1(C)O[C@@H](c2ccc3c(N)ncnn23)[C@H](O)[C@@H]1O)Oc1ccccc1)C(=O)OCC(C)(C)C(F)(F)F. The molecule has 17 heteroatoms. The number of carbonyl (C=O) groups excluding carboxylic acids is 1. The number of benzene rings is 1. The summed E-state index contributed by atoms with van der Waals surface area (Å²) < 4.78 is 76.9. The number of alkyl halides is 3. The summed E-state index contributed by atoms with van der Waals surface area (Å²) in [6.07, 6.45) is -7.57. The van der Waals surface area contributed by atoms with Gasteiger partial charge in [-0.25, -0.2) is 14.1 Å². The Bertz CT molecular complexity index is 1490. The fourth-order valence-corrected chi connectivity index (χ4v) is 5.76. The van der Waals surface area contributed by atoms with Crippen LogP contribution in [-0.2, 0) is 23.4 Å². The van der Waals surface area contributed by atoms with E-state index >= 15 is 0 Å². The zero-order valence-corrected chi connectivity index (χ0v) is 24.6. The van der Waals surface area contributed by atoms with Gasteiger partial charge in [-0.15, -0.1) is 0 Å². The van der Waals surface area contributed by atoms with Crippen LogP contribution in [0.4, 0.5) is 19.0 Å². The molecule has 1 aromatic carbocycles. The summed E-state index contributed by atoms with van der Waals surface area (Å²) in [5.41, 5.74) is 2.68. The normalized spacial score (nSPS) is 24.9. The van der Waals surface area contributed by atoms with Crippen LogP contribution in [0.2, 0.25) is 0 Å². The Hall–Kier alpha value is -3.27. The van der Waals surface area contributed by atoms with Gasteiger partial charge in [0.05, 0.1) is 17.7 Å². The van der Waals surface area contributed by atoms with Crippen LogP contribution in [0.1, 0.15) is 39.5 Å². The second kappa shape index (κ2) is 12.0. The molecular formula is C26H33F3N5O8P. The quantitative estimate of drug-likeness (QED) is 0.180. The van der Waals surface area contributed by atoms with Gasteiger partial charge in [-0.3, -0.25) is 9.32 Å². The topological polar surface area (TPSA) is 180 Å². The fourth-order valence-electron chi connectivity index (χ4n) is 4.17. The number of para-hydroxylation sites is 1. The number of nitrogens with two attached hydrogens (primary N) is 1. The molecule has 0 aliphatic carbocycles. The number of carbonyl (C=O) groups is 1. The van der Waals surface area contributed by atoms with E-state index in [2.05, 4.69) is 15.2 Å². The lowest BCUT2D eigenvalue weighted by atomic mass is 9.94. The maximum absolute atomic E-state index is 13.9. The Kier molecular flexibility index (Phi) is 9.12. The van der Waals surface area contributed by atoms with E-state index in [-0.39, 0.29) is 11.6 Å². The van der Waals surface area contributed by atoms with Gasteiger partial charge < -0.3 is 29.9 Å². The van der Waals surface area contributed by atoms with Gasteiger partial charge in [0.15, 0.2) is 5.82 Å². The molecule has 4 rings (SSSR count). The number of hydrogen-bond acceptors (Lipinski definition) is 11. The van der Waals surface area contributed by atoms with Crippen LogP contribution in [0.25, 0.3) is 5.52 Å². The molecule has 0 spiro atoms. The Labute approximate surface area is 244 Å². The largest absolute Gasteiger partial charge is 0.464 e. The van der Waals surface area contributed by atoms with Gasteiger partial charge in [-0.2, -0.15) is 23.4 Å². The third-order valence-corrected chi connectivity index (χ3v) is 8.62. The van der Waals surface area contributed by atoms with Crippen molar-refractivity contribution < 1.29 is 51.3 Å². The number of aliphatic hydroxyl groups excluding tert-OH is 2. The van der Waals surface area contributed by atoms with Crippen molar-refractivity contribution in [3.8, 4) is 5.75 Å². The molecule has 0 unspecified atom stereocenters. The number of aliphatic hydroxyl groups is 2. The van der Waals surface area contributed by atoms with Crippen molar-refractivity contribution >= 4 is 25.1 Å². The van der Waals surface area contributed by atoms with Gasteiger partial charge in [-0.05, 0) is 52.0 Å². The lowest BCUT2D eigenvalue weighted by Crippen LogP contribution is -2.45. The van der Waals surface area contributed by atoms with Crippen molar-refractivity contribution in [2.24, 2.45) is 5.41 Å². The van der Waals surface area contributed by atoms with Crippen molar-refractivity contribution in [2.45, 2.75) is 63.8 Å². The van der Waals surface area contributed by atoms with Gasteiger partial charge in [-0.1, -0.05) is 18.2 Å². The molecule has 0 bridgehead atoms. The average Bonchev–Trinajstić information content (AvgIpc) is 3.46. The minimum absolute atomic E-state index is 0.0741. The van der Waals surface area contributed by atoms with Crippen LogP contribution in [0.3, 0.4) is 0 Å². The summed E-state index contributed by atoms with van der Waals surface area (Å²) in [4.78, 5) is 16.5. The first kappa shape index (κ1) is 32.6. The van der Waals surface area contributed by atoms with E-state index in [1.54, 1.807) is 30.3 Å². The molecule has 0 amide bonds. The first-order valence-electron chi connectivity index (χ1n) is 13.1. The summed E-state index contributed by atoms with van der Waals surface area (Å²) in [7, 11) is -4.50. The number of anilines is 1. The molecule has 2 aromatic heterocycles. The van der Waals surface area contributed by atoms with Crippen LogP contribution in [0.15, 0.2) is 48.8 Å². The highest BCUT2D eigenvalue weighted by Gasteiger charge is 2.54. The third-order valence-electron chi connectivity index (χ3n) is 7.00. The van der Waals surface area contributed by atoms with Gasteiger partial charge in [0, 0.05) is 0 Å². The van der Waals surface area contributed by atoms with E-state index in [0.29, 0.717) is 11.2 Å².